The van der Waals surface area contributed by atoms with Crippen LogP contribution in [0, 0.1) is 11.8 Å². The van der Waals surface area contributed by atoms with Crippen LogP contribution in [0.25, 0.3) is 0 Å². The SMILES string of the molecule is CC[C@H](C)[C@H](NC(=O)[C@H](CCC(N)=O)NC(=O)[C@H](CS)NC(=O)[C@@H](NC(=O)[C@H](CO)NC(=O)CNC(=O)[C@H](C)NC(=O)CNC(=O)[C@H](C)NC(=O)[C@H](CCC(N)=O)NC(=O)[C@H](CO)NC(=O)[C@H](CC(C)C)NC(=O)[C@@H](N)Cc1ccccc1)[C@@H](C)O)C(=O)N[C@@H](CC(N)=O)C(=O)N[C@H](C(=O)O)[C@@H](C)O. The van der Waals surface area contributed by atoms with Crippen molar-refractivity contribution in [2.24, 2.45) is 34.8 Å². The molecule has 1 aromatic carbocycles. The quantitative estimate of drug-likeness (QED) is 0.0269. The molecule has 42 heteroatoms. The number of benzene rings is 1. The Kier molecular flexibility index (Phi) is 41.0. The topological polar surface area (TPSA) is 681 Å². The maximum Gasteiger partial charge on any atom is 0.328 e. The summed E-state index contributed by atoms with van der Waals surface area (Å²) in [4.78, 5) is 234. The molecular formula is C62H100N18O23S. The predicted molar refractivity (Wildman–Crippen MR) is 367 cm³/mol. The van der Waals surface area contributed by atoms with Crippen LogP contribution in [0.2, 0.25) is 0 Å². The van der Waals surface area contributed by atoms with E-state index in [9.17, 15) is 112 Å². The third-order valence-corrected chi connectivity index (χ3v) is 15.7. The second-order valence-electron chi connectivity index (χ2n) is 24.8. The van der Waals surface area contributed by atoms with Crippen LogP contribution in [-0.4, -0.2) is 255 Å². The Bertz CT molecular complexity index is 3190. The molecule has 0 aromatic heterocycles. The largest absolute Gasteiger partial charge is 0.480 e. The van der Waals surface area contributed by atoms with Gasteiger partial charge in [-0.2, -0.15) is 12.6 Å². The van der Waals surface area contributed by atoms with Gasteiger partial charge in [0.1, 0.15) is 66.5 Å². The van der Waals surface area contributed by atoms with Gasteiger partial charge in [-0.3, -0.25) is 81.5 Å². The second-order valence-corrected chi connectivity index (χ2v) is 25.1. The van der Waals surface area contributed by atoms with E-state index in [-0.39, 0.29) is 25.2 Å². The van der Waals surface area contributed by atoms with Crippen LogP contribution >= 0.6 is 12.6 Å². The zero-order valence-electron chi connectivity index (χ0n) is 58.7. The Morgan fingerprint density at radius 3 is 1.28 bits per heavy atom. The first-order valence-corrected chi connectivity index (χ1v) is 33.5. The van der Waals surface area contributed by atoms with Crippen LogP contribution in [0.1, 0.15) is 106 Å². The van der Waals surface area contributed by atoms with Gasteiger partial charge in [0.2, 0.25) is 100 Å². The average Bonchev–Trinajstić information content (AvgIpc) is 0.852. The molecule has 27 N–H and O–H groups in total. The molecule has 0 aliphatic carbocycles. The lowest BCUT2D eigenvalue weighted by Crippen LogP contribution is -2.62. The minimum atomic E-state index is -1.96. The van der Waals surface area contributed by atoms with Crippen molar-refractivity contribution in [3.05, 3.63) is 35.9 Å². The van der Waals surface area contributed by atoms with Crippen molar-refractivity contribution in [1.82, 2.24) is 74.4 Å². The van der Waals surface area contributed by atoms with Crippen molar-refractivity contribution in [3.63, 3.8) is 0 Å². The molecule has 0 bridgehead atoms. The third kappa shape index (κ3) is 33.7. The van der Waals surface area contributed by atoms with Crippen molar-refractivity contribution in [2.75, 3.05) is 32.1 Å². The monoisotopic (exact) mass is 1500 g/mol. The maximum absolute atomic E-state index is 13.9. The number of primary amides is 3. The Balaban J connectivity index is 3.00. The first kappa shape index (κ1) is 91.8. The van der Waals surface area contributed by atoms with Crippen LogP contribution < -0.4 is 97.4 Å². The van der Waals surface area contributed by atoms with E-state index in [0.717, 1.165) is 26.3 Å². The number of amides is 17. The van der Waals surface area contributed by atoms with E-state index in [1.807, 2.05) is 5.32 Å². The van der Waals surface area contributed by atoms with Gasteiger partial charge in [-0.25, -0.2) is 4.79 Å². The average molecular weight is 1500 g/mol. The highest BCUT2D eigenvalue weighted by Gasteiger charge is 2.38. The van der Waals surface area contributed by atoms with Crippen molar-refractivity contribution in [3.8, 4) is 0 Å². The lowest BCUT2D eigenvalue weighted by molar-refractivity contribution is -0.145. The molecule has 104 heavy (non-hydrogen) atoms. The lowest BCUT2D eigenvalue weighted by Gasteiger charge is -2.29. The van der Waals surface area contributed by atoms with Crippen LogP contribution in [-0.2, 0) is 92.7 Å². The predicted octanol–water partition coefficient (Wildman–Crippen LogP) is -11.1. The molecule has 582 valence electrons. The summed E-state index contributed by atoms with van der Waals surface area (Å²) in [6, 6.07) is -12.2. The fraction of sp³-hybridized carbons (Fsp3) is 0.613. The number of rotatable bonds is 48. The summed E-state index contributed by atoms with van der Waals surface area (Å²) in [6.45, 7) is 7.17. The number of hydrogen-bond donors (Lipinski definition) is 24. The van der Waals surface area contributed by atoms with Gasteiger partial charge in [0, 0.05) is 18.6 Å². The molecule has 41 nitrogen and oxygen atoms in total. The van der Waals surface area contributed by atoms with Gasteiger partial charge in [0.05, 0.1) is 51.0 Å². The zero-order chi connectivity index (χ0) is 79.4. The maximum atomic E-state index is 13.9. The van der Waals surface area contributed by atoms with Crippen LogP contribution in [0.15, 0.2) is 30.3 Å². The fourth-order valence-electron chi connectivity index (χ4n) is 9.27. The van der Waals surface area contributed by atoms with Crippen molar-refractivity contribution < 1.29 is 112 Å². The highest BCUT2D eigenvalue weighted by Crippen LogP contribution is 2.13. The number of aliphatic carboxylic acids is 1. The van der Waals surface area contributed by atoms with E-state index in [2.05, 4.69) is 81.7 Å². The number of aliphatic hydroxyl groups excluding tert-OH is 4. The number of nitrogens with one attached hydrogen (secondary N) is 14. The van der Waals surface area contributed by atoms with Crippen LogP contribution in [0.4, 0.5) is 0 Å². The molecule has 16 atom stereocenters. The molecular weight excluding hydrogens is 1400 g/mol. The molecule has 0 saturated carbocycles. The minimum Gasteiger partial charge on any atom is -0.480 e. The second kappa shape index (κ2) is 46.4. The van der Waals surface area contributed by atoms with Gasteiger partial charge in [-0.15, -0.1) is 0 Å². The molecule has 0 unspecified atom stereocenters. The number of carbonyl (C=O) groups excluding carboxylic acids is 17. The van der Waals surface area contributed by atoms with Gasteiger partial charge in [0.15, 0.2) is 6.04 Å². The number of thiol groups is 1. The molecule has 0 heterocycles. The number of carbonyl (C=O) groups is 18. The van der Waals surface area contributed by atoms with E-state index >= 15 is 0 Å². The zero-order valence-corrected chi connectivity index (χ0v) is 59.6. The van der Waals surface area contributed by atoms with Crippen LogP contribution in [0.5, 0.6) is 0 Å². The van der Waals surface area contributed by atoms with Crippen molar-refractivity contribution in [2.45, 2.75) is 198 Å². The molecule has 0 spiro atoms. The van der Waals surface area contributed by atoms with E-state index in [1.165, 1.54) is 13.8 Å². The van der Waals surface area contributed by atoms with Gasteiger partial charge in [0.25, 0.3) is 0 Å². The Morgan fingerprint density at radius 1 is 0.433 bits per heavy atom. The van der Waals surface area contributed by atoms with Gasteiger partial charge >= 0.3 is 5.97 Å². The molecule has 0 saturated heterocycles. The van der Waals surface area contributed by atoms with Crippen LogP contribution in [0.3, 0.4) is 0 Å². The summed E-state index contributed by atoms with van der Waals surface area (Å²) in [7, 11) is 0. The summed E-state index contributed by atoms with van der Waals surface area (Å²) in [5.74, 6) is -21.2. The normalized spacial score (nSPS) is 15.6. The molecule has 0 radical (unpaired) electrons. The Morgan fingerprint density at radius 2 is 0.817 bits per heavy atom. The number of carboxylic acid groups (broad SMARTS) is 1. The molecule has 0 aliphatic rings. The fourth-order valence-corrected chi connectivity index (χ4v) is 9.52. The molecule has 1 rings (SSSR count). The first-order valence-electron chi connectivity index (χ1n) is 32.8. The molecule has 1 aromatic rings. The highest BCUT2D eigenvalue weighted by molar-refractivity contribution is 7.80. The highest BCUT2D eigenvalue weighted by atomic mass is 32.1. The van der Waals surface area contributed by atoms with E-state index in [4.69, 9.17) is 22.9 Å². The lowest BCUT2D eigenvalue weighted by atomic mass is 9.96. The van der Waals surface area contributed by atoms with Gasteiger partial charge in [-0.1, -0.05) is 64.4 Å². The van der Waals surface area contributed by atoms with E-state index in [0.29, 0.717) is 0 Å². The Hall–Kier alpha value is -10.2. The van der Waals surface area contributed by atoms with E-state index in [1.54, 1.807) is 51.1 Å². The van der Waals surface area contributed by atoms with Gasteiger partial charge < -0.3 is 123 Å². The standard InChI is InChI=1S/C62H100N18O23S/c1-9-28(4)47(60(100)75-38(21-44(66)87)56(96)80-49(32(8)84)62(102)103)78-54(94)36(16-18-43(65)86)73-59(99)41(26-104)77-61(101)48(31(7)83)79-58(98)39(24-81)71-46(89)23-68-50(90)29(5)69-45(88)22-67-51(91)30(6)70-53(93)35(15-17-42(64)85)72-57(97)40(25-82)76-55(95)37(19-27(2)3)74-52(92)34(63)20-33-13-11-10-12-14-33/h10-14,27-32,34-41,47-49,81-84,104H,9,15-26,63H2,1-8H3,(H2,64,85)(H2,65,86)(H2,66,87)(H,67,91)(H,68,90)(H,69,88)(H,70,93)(H,71,89)(H,72,97)(H,73,99)(H,74,92)(H,75,100)(H,76,95)(H,77,101)(H,78,94)(H,79,98)(H,80,96)(H,102,103)/t28-,29-,30-,31+,32+,34-,35-,36-,37-,38-,39-,40-,41-,47-,48-,49-/m0/s1. The number of nitrogens with two attached hydrogens (primary N) is 4. The number of carboxylic acids is 1. The van der Waals surface area contributed by atoms with Crippen molar-refractivity contribution >= 4 is 119 Å². The van der Waals surface area contributed by atoms with E-state index < -0.39 is 267 Å². The summed E-state index contributed by atoms with van der Waals surface area (Å²) >= 11 is 4.09. The number of hydrogen-bond acceptors (Lipinski definition) is 24. The Labute approximate surface area is 603 Å². The summed E-state index contributed by atoms with van der Waals surface area (Å²) in [5.41, 5.74) is 22.8. The molecule has 0 aliphatic heterocycles. The first-order chi connectivity index (χ1) is 48.6. The molecule has 17 amide bonds. The smallest absolute Gasteiger partial charge is 0.328 e. The summed E-state index contributed by atoms with van der Waals surface area (Å²) in [6.07, 6.45) is -5.87. The van der Waals surface area contributed by atoms with Gasteiger partial charge in [-0.05, 0) is 70.8 Å². The van der Waals surface area contributed by atoms with Crippen molar-refractivity contribution in [1.29, 1.82) is 0 Å². The third-order valence-electron chi connectivity index (χ3n) is 15.4. The minimum absolute atomic E-state index is 0.0871. The number of aliphatic hydroxyl groups is 4. The summed E-state index contributed by atoms with van der Waals surface area (Å²) in [5, 5.41) is 81.5. The summed E-state index contributed by atoms with van der Waals surface area (Å²) < 4.78 is 0. The molecule has 0 fully saturated rings.